The molecule has 4 aromatic rings. The molecule has 2 heterocycles. The first-order valence-corrected chi connectivity index (χ1v) is 11.0. The maximum atomic E-state index is 5.82. The minimum absolute atomic E-state index is 0.149. The van der Waals surface area contributed by atoms with Crippen molar-refractivity contribution < 1.29 is 4.74 Å². The number of rotatable bonds is 3. The third kappa shape index (κ3) is 2.36. The van der Waals surface area contributed by atoms with E-state index in [9.17, 15) is 0 Å². The Balaban J connectivity index is 1.88. The Morgan fingerprint density at radius 3 is 2.00 bits per heavy atom. The molecule has 0 atom stereocenters. The van der Waals surface area contributed by atoms with E-state index >= 15 is 0 Å². The Hall–Kier alpha value is -2.31. The summed E-state index contributed by atoms with van der Waals surface area (Å²) in [4.78, 5) is 0. The van der Waals surface area contributed by atoms with Crippen molar-refractivity contribution in [1.29, 1.82) is 0 Å². The topological polar surface area (TPSA) is 14.2 Å². The minimum Gasteiger partial charge on any atom is -0.496 e. The van der Waals surface area contributed by atoms with E-state index in [0.717, 1.165) is 5.75 Å². The summed E-state index contributed by atoms with van der Waals surface area (Å²) < 4.78 is 8.27. The van der Waals surface area contributed by atoms with E-state index in [2.05, 4.69) is 71.3 Å². The average Bonchev–Trinajstić information content (AvgIpc) is 3.33. The lowest BCUT2D eigenvalue weighted by Crippen LogP contribution is -2.14. The number of hydrogen-bond acceptors (Lipinski definition) is 1. The lowest BCUT2D eigenvalue weighted by atomic mass is 10.2. The number of para-hydroxylation sites is 2. The van der Waals surface area contributed by atoms with Crippen molar-refractivity contribution in [1.82, 2.24) is 4.57 Å². The highest BCUT2D eigenvalue weighted by Gasteiger charge is 2.25. The van der Waals surface area contributed by atoms with Crippen molar-refractivity contribution in [2.24, 2.45) is 0 Å². The molecule has 0 bridgehead atoms. The molecule has 1 saturated heterocycles. The van der Waals surface area contributed by atoms with Crippen molar-refractivity contribution in [2.75, 3.05) is 19.4 Å². The largest absolute Gasteiger partial charge is 0.496 e. The zero-order chi connectivity index (χ0) is 17.5. The van der Waals surface area contributed by atoms with Crippen molar-refractivity contribution in [3.8, 4) is 11.4 Å². The molecular formula is C23H22NOP. The van der Waals surface area contributed by atoms with E-state index in [1.165, 1.54) is 58.0 Å². The highest BCUT2D eigenvalue weighted by Crippen LogP contribution is 2.47. The molecule has 2 nitrogen and oxygen atoms in total. The van der Waals surface area contributed by atoms with Gasteiger partial charge in [-0.1, -0.05) is 50.4 Å². The summed E-state index contributed by atoms with van der Waals surface area (Å²) in [5.41, 5.74) is 3.85. The molecule has 130 valence electrons. The highest BCUT2D eigenvalue weighted by atomic mass is 31.1. The molecule has 0 radical (unpaired) electrons. The first kappa shape index (κ1) is 15.9. The first-order chi connectivity index (χ1) is 12.9. The highest BCUT2D eigenvalue weighted by molar-refractivity contribution is 7.66. The van der Waals surface area contributed by atoms with Gasteiger partial charge in [-0.05, 0) is 49.4 Å². The predicted molar refractivity (Wildman–Crippen MR) is 113 cm³/mol. The van der Waals surface area contributed by atoms with Gasteiger partial charge < -0.3 is 9.30 Å². The van der Waals surface area contributed by atoms with Crippen LogP contribution in [-0.2, 0) is 0 Å². The van der Waals surface area contributed by atoms with E-state index in [-0.39, 0.29) is 7.92 Å². The van der Waals surface area contributed by atoms with Crippen LogP contribution in [0.1, 0.15) is 12.8 Å². The van der Waals surface area contributed by atoms with Crippen LogP contribution in [0, 0.1) is 0 Å². The van der Waals surface area contributed by atoms with Crippen molar-refractivity contribution >= 4 is 35.0 Å². The van der Waals surface area contributed by atoms with E-state index in [4.69, 9.17) is 4.74 Å². The zero-order valence-electron chi connectivity index (χ0n) is 15.0. The smallest absolute Gasteiger partial charge is 0.128 e. The number of hydrogen-bond donors (Lipinski definition) is 0. The van der Waals surface area contributed by atoms with Gasteiger partial charge in [-0.25, -0.2) is 0 Å². The van der Waals surface area contributed by atoms with Crippen molar-refractivity contribution in [2.45, 2.75) is 12.8 Å². The minimum atomic E-state index is -0.149. The third-order valence-corrected chi connectivity index (χ3v) is 8.23. The molecule has 0 spiro atoms. The third-order valence-electron chi connectivity index (χ3n) is 5.44. The molecule has 1 aliphatic heterocycles. The number of fused-ring (bicyclic) bond motifs is 3. The molecule has 0 aliphatic carbocycles. The van der Waals surface area contributed by atoms with Gasteiger partial charge in [-0.15, -0.1) is 0 Å². The Labute approximate surface area is 155 Å². The fourth-order valence-electron chi connectivity index (χ4n) is 4.30. The summed E-state index contributed by atoms with van der Waals surface area (Å²) in [5.74, 6) is 1.05. The second-order valence-electron chi connectivity index (χ2n) is 6.89. The molecule has 3 aromatic carbocycles. The SMILES string of the molecule is COc1cccc(-n2c3ccccc3c3ccccc32)c1P1CCCC1. The van der Waals surface area contributed by atoms with Crippen LogP contribution >= 0.6 is 7.92 Å². The Kier molecular flexibility index (Phi) is 3.94. The van der Waals surface area contributed by atoms with Crippen molar-refractivity contribution in [3.05, 3.63) is 66.7 Å². The lowest BCUT2D eigenvalue weighted by Gasteiger charge is -2.21. The fourth-order valence-corrected chi connectivity index (χ4v) is 7.15. The molecule has 3 heteroatoms. The van der Waals surface area contributed by atoms with Gasteiger partial charge in [0, 0.05) is 16.1 Å². The number of benzene rings is 3. The molecule has 0 amide bonds. The summed E-state index contributed by atoms with van der Waals surface area (Å²) in [6, 6.07) is 24.0. The summed E-state index contributed by atoms with van der Waals surface area (Å²) in [6.45, 7) is 0. The Bertz CT molecular complexity index is 1040. The summed E-state index contributed by atoms with van der Waals surface area (Å²) in [7, 11) is 1.66. The lowest BCUT2D eigenvalue weighted by molar-refractivity contribution is 0.418. The molecule has 26 heavy (non-hydrogen) atoms. The first-order valence-electron chi connectivity index (χ1n) is 9.29. The predicted octanol–water partition coefficient (Wildman–Crippen LogP) is 5.69. The molecule has 1 aromatic heterocycles. The van der Waals surface area contributed by atoms with Crippen LogP contribution in [0.4, 0.5) is 0 Å². The maximum Gasteiger partial charge on any atom is 0.128 e. The quantitative estimate of drug-likeness (QED) is 0.428. The van der Waals surface area contributed by atoms with Crippen LogP contribution < -0.4 is 10.0 Å². The van der Waals surface area contributed by atoms with Crippen LogP contribution in [0.15, 0.2) is 66.7 Å². The van der Waals surface area contributed by atoms with E-state index in [1.807, 2.05) is 0 Å². The average molecular weight is 359 g/mol. The van der Waals surface area contributed by atoms with Gasteiger partial charge in [0.15, 0.2) is 0 Å². The Morgan fingerprint density at radius 2 is 1.38 bits per heavy atom. The summed E-state index contributed by atoms with van der Waals surface area (Å²) >= 11 is 0. The molecular weight excluding hydrogens is 337 g/mol. The molecule has 0 unspecified atom stereocenters. The second-order valence-corrected chi connectivity index (χ2v) is 9.31. The molecule has 5 rings (SSSR count). The molecule has 0 N–H and O–H groups in total. The summed E-state index contributed by atoms with van der Waals surface area (Å²) in [5, 5.41) is 4.07. The summed E-state index contributed by atoms with van der Waals surface area (Å²) in [6.07, 6.45) is 5.33. The van der Waals surface area contributed by atoms with Gasteiger partial charge in [-0.3, -0.25) is 0 Å². The number of nitrogens with zero attached hydrogens (tertiary/aromatic N) is 1. The van der Waals surface area contributed by atoms with Gasteiger partial charge in [0.2, 0.25) is 0 Å². The normalized spacial score (nSPS) is 15.1. The van der Waals surface area contributed by atoms with E-state index < -0.39 is 0 Å². The van der Waals surface area contributed by atoms with Gasteiger partial charge in [0.1, 0.15) is 5.75 Å². The molecule has 0 saturated carbocycles. The zero-order valence-corrected chi connectivity index (χ0v) is 15.9. The second kappa shape index (κ2) is 6.45. The number of ether oxygens (including phenoxy) is 1. The maximum absolute atomic E-state index is 5.82. The van der Waals surface area contributed by atoms with Crippen LogP contribution in [0.25, 0.3) is 27.5 Å². The van der Waals surface area contributed by atoms with E-state index in [1.54, 1.807) is 7.11 Å². The Morgan fingerprint density at radius 1 is 0.769 bits per heavy atom. The van der Waals surface area contributed by atoms with Crippen LogP contribution in [0.3, 0.4) is 0 Å². The van der Waals surface area contributed by atoms with Crippen LogP contribution in [-0.4, -0.2) is 24.0 Å². The van der Waals surface area contributed by atoms with Crippen LogP contribution in [0.5, 0.6) is 5.75 Å². The van der Waals surface area contributed by atoms with Gasteiger partial charge >= 0.3 is 0 Å². The van der Waals surface area contributed by atoms with Gasteiger partial charge in [0.25, 0.3) is 0 Å². The number of aromatic nitrogens is 1. The van der Waals surface area contributed by atoms with Crippen molar-refractivity contribution in [3.63, 3.8) is 0 Å². The fraction of sp³-hybridized carbons (Fsp3) is 0.217. The van der Waals surface area contributed by atoms with Gasteiger partial charge in [-0.2, -0.15) is 0 Å². The molecule has 1 aliphatic rings. The van der Waals surface area contributed by atoms with Gasteiger partial charge in [0.05, 0.1) is 23.8 Å². The van der Waals surface area contributed by atoms with Crippen LogP contribution in [0.2, 0.25) is 0 Å². The standard InChI is InChI=1S/C23H22NOP/c1-25-22-14-8-13-21(23(22)26-15-6-7-16-26)24-19-11-4-2-9-17(19)18-10-3-5-12-20(18)24/h2-5,8-14H,6-7,15-16H2,1H3. The molecule has 1 fully saturated rings. The van der Waals surface area contributed by atoms with E-state index in [0.29, 0.717) is 0 Å². The number of methoxy groups -OCH3 is 1. The monoisotopic (exact) mass is 359 g/mol.